The Balaban J connectivity index is 2.59. The monoisotopic (exact) mass is 242 g/mol. The van der Waals surface area contributed by atoms with E-state index < -0.39 is 5.60 Å². The van der Waals surface area contributed by atoms with Crippen LogP contribution in [-0.2, 0) is 4.79 Å². The number of likely N-dealkylation sites (N-methyl/N-ethyl adjacent to an activating group) is 1. The number of aliphatic hydroxyl groups is 1. The average Bonchev–Trinajstić information content (AvgIpc) is 2.23. The Hall–Kier alpha value is -0.610. The second-order valence-corrected chi connectivity index (χ2v) is 5.72. The lowest BCUT2D eigenvalue weighted by Crippen LogP contribution is -2.53. The van der Waals surface area contributed by atoms with Gasteiger partial charge in [0.15, 0.2) is 0 Å². The van der Waals surface area contributed by atoms with E-state index in [-0.39, 0.29) is 11.9 Å². The lowest BCUT2D eigenvalue weighted by molar-refractivity contribution is -0.137. The fraction of sp³-hybridized carbons (Fsp3) is 0.923. The van der Waals surface area contributed by atoms with E-state index in [1.54, 1.807) is 18.7 Å². The van der Waals surface area contributed by atoms with Crippen LogP contribution in [0.1, 0.15) is 47.0 Å². The molecular weight excluding hydrogens is 216 g/mol. The Morgan fingerprint density at radius 2 is 2.12 bits per heavy atom. The number of hydrogen-bond acceptors (Lipinski definition) is 3. The van der Waals surface area contributed by atoms with E-state index in [0.717, 1.165) is 19.3 Å². The Kier molecular flexibility index (Phi) is 4.95. The molecule has 0 radical (unpaired) electrons. The normalized spacial score (nSPS) is 25.7. The number of piperidine rings is 1. The van der Waals surface area contributed by atoms with Gasteiger partial charge in [0.2, 0.25) is 5.91 Å². The van der Waals surface area contributed by atoms with Gasteiger partial charge in [-0.1, -0.05) is 0 Å². The predicted octanol–water partition coefficient (Wildman–Crippen LogP) is 1.14. The maximum Gasteiger partial charge on any atom is 0.239 e. The third-order valence-electron chi connectivity index (χ3n) is 3.18. The summed E-state index contributed by atoms with van der Waals surface area (Å²) in [6.07, 6.45) is 3.15. The summed E-state index contributed by atoms with van der Waals surface area (Å²) in [5.41, 5.74) is -0.827. The Morgan fingerprint density at radius 1 is 1.47 bits per heavy atom. The molecule has 17 heavy (non-hydrogen) atoms. The van der Waals surface area contributed by atoms with Crippen molar-refractivity contribution in [3.8, 4) is 0 Å². The van der Waals surface area contributed by atoms with Gasteiger partial charge in [-0.3, -0.25) is 4.79 Å². The van der Waals surface area contributed by atoms with Crippen molar-refractivity contribution in [2.24, 2.45) is 0 Å². The molecule has 1 saturated heterocycles. The van der Waals surface area contributed by atoms with Crippen molar-refractivity contribution in [1.29, 1.82) is 0 Å². The van der Waals surface area contributed by atoms with E-state index in [9.17, 15) is 9.90 Å². The number of carbonyl (C=O) groups excluding carboxylic acids is 1. The average molecular weight is 242 g/mol. The van der Waals surface area contributed by atoms with Crippen molar-refractivity contribution in [3.63, 3.8) is 0 Å². The van der Waals surface area contributed by atoms with Gasteiger partial charge in [-0.2, -0.15) is 0 Å². The van der Waals surface area contributed by atoms with Crippen molar-refractivity contribution >= 4 is 5.91 Å². The van der Waals surface area contributed by atoms with E-state index in [4.69, 9.17) is 0 Å². The van der Waals surface area contributed by atoms with Crippen LogP contribution in [0.2, 0.25) is 0 Å². The highest BCUT2D eigenvalue weighted by molar-refractivity contribution is 5.82. The molecule has 1 rings (SSSR count). The number of hydrogen-bond donors (Lipinski definition) is 2. The lowest BCUT2D eigenvalue weighted by Gasteiger charge is -2.34. The third-order valence-corrected chi connectivity index (χ3v) is 3.18. The fourth-order valence-corrected chi connectivity index (χ4v) is 2.37. The molecule has 0 aliphatic carbocycles. The minimum atomic E-state index is -0.827. The zero-order valence-electron chi connectivity index (χ0n) is 11.5. The van der Waals surface area contributed by atoms with Gasteiger partial charge in [-0.05, 0) is 47.0 Å². The van der Waals surface area contributed by atoms with Gasteiger partial charge in [0, 0.05) is 19.1 Å². The Labute approximate surface area is 104 Å². The van der Waals surface area contributed by atoms with Crippen LogP contribution >= 0.6 is 0 Å². The van der Waals surface area contributed by atoms with E-state index in [1.165, 1.54) is 0 Å². The molecule has 4 heteroatoms. The molecule has 2 atom stereocenters. The molecule has 2 N–H and O–H groups in total. The predicted molar refractivity (Wildman–Crippen MR) is 68.8 cm³/mol. The maximum atomic E-state index is 12.3. The summed E-state index contributed by atoms with van der Waals surface area (Å²) in [7, 11) is 0. The van der Waals surface area contributed by atoms with Gasteiger partial charge in [-0.15, -0.1) is 0 Å². The molecule has 1 aliphatic heterocycles. The van der Waals surface area contributed by atoms with Gasteiger partial charge in [0.1, 0.15) is 0 Å². The zero-order chi connectivity index (χ0) is 13.1. The topological polar surface area (TPSA) is 52.6 Å². The van der Waals surface area contributed by atoms with Crippen molar-refractivity contribution < 1.29 is 9.90 Å². The quantitative estimate of drug-likeness (QED) is 0.777. The third kappa shape index (κ3) is 4.64. The van der Waals surface area contributed by atoms with Crippen LogP contribution in [0.4, 0.5) is 0 Å². The number of carbonyl (C=O) groups is 1. The van der Waals surface area contributed by atoms with Gasteiger partial charge in [0.25, 0.3) is 0 Å². The first-order valence-corrected chi connectivity index (χ1v) is 6.60. The first-order chi connectivity index (χ1) is 7.83. The second kappa shape index (κ2) is 5.83. The molecule has 0 saturated carbocycles. The molecule has 0 aromatic heterocycles. The van der Waals surface area contributed by atoms with Gasteiger partial charge in [0.05, 0.1) is 11.6 Å². The van der Waals surface area contributed by atoms with Crippen LogP contribution in [0.25, 0.3) is 0 Å². The van der Waals surface area contributed by atoms with Gasteiger partial charge >= 0.3 is 0 Å². The molecule has 0 bridgehead atoms. The van der Waals surface area contributed by atoms with Crippen molar-refractivity contribution in [2.75, 3.05) is 13.1 Å². The molecule has 4 nitrogen and oxygen atoms in total. The zero-order valence-corrected chi connectivity index (χ0v) is 11.5. The molecule has 1 heterocycles. The van der Waals surface area contributed by atoms with Gasteiger partial charge in [-0.25, -0.2) is 0 Å². The summed E-state index contributed by atoms with van der Waals surface area (Å²) in [6, 6.07) is 0.347. The molecule has 0 aromatic carbocycles. The highest BCUT2D eigenvalue weighted by Crippen LogP contribution is 2.15. The smallest absolute Gasteiger partial charge is 0.239 e. The summed E-state index contributed by atoms with van der Waals surface area (Å²) >= 11 is 0. The Bertz CT molecular complexity index is 261. The largest absolute Gasteiger partial charge is 0.389 e. The first kappa shape index (κ1) is 14.5. The molecule has 1 aliphatic rings. The summed E-state index contributed by atoms with van der Waals surface area (Å²) in [6.45, 7) is 8.59. The number of nitrogens with zero attached hydrogens (tertiary/aromatic N) is 1. The van der Waals surface area contributed by atoms with Crippen LogP contribution in [-0.4, -0.2) is 46.7 Å². The number of rotatable bonds is 4. The van der Waals surface area contributed by atoms with E-state index in [0.29, 0.717) is 19.1 Å². The summed E-state index contributed by atoms with van der Waals surface area (Å²) < 4.78 is 0. The molecule has 2 unspecified atom stereocenters. The van der Waals surface area contributed by atoms with Crippen LogP contribution < -0.4 is 5.32 Å². The minimum absolute atomic E-state index is 0.0685. The van der Waals surface area contributed by atoms with Crippen LogP contribution in [0.15, 0.2) is 0 Å². The van der Waals surface area contributed by atoms with Gasteiger partial charge < -0.3 is 15.3 Å². The summed E-state index contributed by atoms with van der Waals surface area (Å²) in [5.74, 6) is 0.126. The van der Waals surface area contributed by atoms with E-state index in [1.807, 2.05) is 6.92 Å². The van der Waals surface area contributed by atoms with Crippen LogP contribution in [0, 0.1) is 0 Å². The van der Waals surface area contributed by atoms with Crippen LogP contribution in [0.5, 0.6) is 0 Å². The SMILES string of the molecule is CCN(CC(C)(C)O)C(=O)C1CCCC(C)N1. The van der Waals surface area contributed by atoms with Crippen molar-refractivity contribution in [2.45, 2.75) is 64.6 Å². The van der Waals surface area contributed by atoms with Crippen molar-refractivity contribution in [1.82, 2.24) is 10.2 Å². The van der Waals surface area contributed by atoms with E-state index in [2.05, 4.69) is 12.2 Å². The molecule has 1 fully saturated rings. The standard InChI is InChI=1S/C13H26N2O2/c1-5-15(9-13(3,4)17)12(16)11-8-6-7-10(2)14-11/h10-11,14,17H,5-9H2,1-4H3. The highest BCUT2D eigenvalue weighted by atomic mass is 16.3. The van der Waals surface area contributed by atoms with Crippen LogP contribution in [0.3, 0.4) is 0 Å². The number of nitrogens with one attached hydrogen (secondary N) is 1. The highest BCUT2D eigenvalue weighted by Gasteiger charge is 2.29. The molecule has 0 spiro atoms. The number of amides is 1. The minimum Gasteiger partial charge on any atom is -0.389 e. The molecule has 1 amide bonds. The van der Waals surface area contributed by atoms with Crippen molar-refractivity contribution in [3.05, 3.63) is 0 Å². The molecule has 100 valence electrons. The molecule has 0 aromatic rings. The summed E-state index contributed by atoms with van der Waals surface area (Å²) in [4.78, 5) is 14.1. The maximum absolute atomic E-state index is 12.3. The first-order valence-electron chi connectivity index (χ1n) is 6.60. The summed E-state index contributed by atoms with van der Waals surface area (Å²) in [5, 5.41) is 13.1. The molecular formula is C13H26N2O2. The second-order valence-electron chi connectivity index (χ2n) is 5.72. The fourth-order valence-electron chi connectivity index (χ4n) is 2.37. The lowest BCUT2D eigenvalue weighted by atomic mass is 9.98. The Morgan fingerprint density at radius 3 is 2.59 bits per heavy atom. The van der Waals surface area contributed by atoms with E-state index >= 15 is 0 Å².